The molecule has 121 heavy (non-hydrogen) atoms. The van der Waals surface area contributed by atoms with Gasteiger partial charge in [-0.05, 0) is 192 Å². The first-order valence-corrected chi connectivity index (χ1v) is 41.6. The van der Waals surface area contributed by atoms with E-state index in [0.717, 1.165) is 126 Å². The van der Waals surface area contributed by atoms with Crippen LogP contribution in [0, 0.1) is 6.92 Å². The maximum atomic E-state index is 12.6. The predicted molar refractivity (Wildman–Crippen MR) is 489 cm³/mol. The molecular weight excluding hydrogens is 1530 g/mol. The maximum absolute atomic E-state index is 12.6. The van der Waals surface area contributed by atoms with Gasteiger partial charge in [-0.15, -0.1) is 0 Å². The van der Waals surface area contributed by atoms with Crippen molar-refractivity contribution in [2.45, 2.75) is 137 Å². The summed E-state index contributed by atoms with van der Waals surface area (Å²) in [5.41, 5.74) is 25.2. The molecule has 18 nitrogen and oxygen atoms in total. The van der Waals surface area contributed by atoms with E-state index in [4.69, 9.17) is 22.1 Å². The number of ether oxygens (including phenoxy) is 1. The highest BCUT2D eigenvalue weighted by molar-refractivity contribution is 6.30. The molecule has 2 N–H and O–H groups in total. The smallest absolute Gasteiger partial charge is 0.226 e. The number of aromatic nitrogens is 4. The molecule has 0 atom stereocenters. The number of carbonyl (C=O) groups is 8. The molecule has 12 aromatic rings. The number of pyridine rings is 4. The Kier molecular flexibility index (Phi) is 35.5. The SMILES string of the molecule is CCCC(=O)N(C)c1ccc(-c2ccc(C(=O)CCc3ccc(C)nc3)cc2)cc1.CCCC(=O)N(C)c1ccc(-c2ccc(C(=O)CCc3cccnc3Cl)cc2)cc1.CCCC(=O)N(C)c1ccc(-c2ccc(C(=O)CCc3cccnc3N)cc2)cc1.CCCC(=O)N(C)c1ccc(-c2ccc(C(=O)CCc3cccnc3OC)cc2)cc1. The molecule has 0 unspecified atom stereocenters. The van der Waals surface area contributed by atoms with Gasteiger partial charge < -0.3 is 30.1 Å². The molecule has 0 aliphatic rings. The summed E-state index contributed by atoms with van der Waals surface area (Å²) >= 11 is 6.06. The number of carbonyl (C=O) groups excluding carboxylic acids is 8. The molecule has 4 heterocycles. The number of halogens is 1. The Hall–Kier alpha value is -13.2. The molecule has 8 aromatic carbocycles. The summed E-state index contributed by atoms with van der Waals surface area (Å²) < 4.78 is 5.25. The van der Waals surface area contributed by atoms with Crippen LogP contribution in [-0.2, 0) is 44.9 Å². The standard InChI is InChI=1S/C26H28N2O3.C26H28N2O2.C25H25ClN2O2.C25H27N3O2/c1-4-6-25(30)28(2)23-15-12-20(13-16-23)19-8-10-21(11-9-19)24(29)17-14-22-7-5-18-27-26(22)31-3;1-4-5-26(30)28(3)24-15-13-22(14-16-24)21-9-11-23(12-10-21)25(29)17-8-20-7-6-19(2)27-18-20;2*1-3-5-24(30)28(2)22-14-11-19(12-15-22)18-7-9-20(10-8-18)23(29)16-13-21-6-4-17-27-25(21)26/h5,7-13,15-16,18H,4,6,14,17H2,1-3H3;6-7,9-16,18H,4-5,8,17H2,1-3H3;4,6-12,14-15,17H,3,5,13,16H2,1-2H3;4,6-12,14-15,17H,3,5,13,16H2,1-2H3,(H2,26,27). The van der Waals surface area contributed by atoms with Crippen molar-refractivity contribution >= 4 is 86.9 Å². The van der Waals surface area contributed by atoms with Crippen LogP contribution in [0.5, 0.6) is 5.88 Å². The Morgan fingerprint density at radius 2 is 0.595 bits per heavy atom. The Morgan fingerprint density at radius 1 is 0.322 bits per heavy atom. The van der Waals surface area contributed by atoms with Gasteiger partial charge in [0.05, 0.1) is 7.11 Å². The Labute approximate surface area is 716 Å². The van der Waals surface area contributed by atoms with Crippen molar-refractivity contribution in [2.75, 3.05) is 60.6 Å². The molecule has 0 spiro atoms. The second-order valence-electron chi connectivity index (χ2n) is 29.5. The third-order valence-corrected chi connectivity index (χ3v) is 21.2. The van der Waals surface area contributed by atoms with Gasteiger partial charge in [0.15, 0.2) is 23.1 Å². The van der Waals surface area contributed by atoms with Gasteiger partial charge in [-0.2, -0.15) is 0 Å². The Balaban J connectivity index is 0.000000183. The first-order valence-electron chi connectivity index (χ1n) is 41.2. The molecule has 0 saturated carbocycles. The van der Waals surface area contributed by atoms with E-state index >= 15 is 0 Å². The normalized spacial score (nSPS) is 10.6. The minimum atomic E-state index is 0.0767. The van der Waals surface area contributed by atoms with Crippen LogP contribution in [0.15, 0.2) is 267 Å². The van der Waals surface area contributed by atoms with Crippen molar-refractivity contribution < 1.29 is 43.1 Å². The number of nitrogens with two attached hydrogens (primary N) is 1. The number of aryl methyl sites for hydroxylation is 5. The number of ketones is 4. The lowest BCUT2D eigenvalue weighted by atomic mass is 9.99. The van der Waals surface area contributed by atoms with Crippen molar-refractivity contribution in [3.05, 3.63) is 323 Å². The molecule has 4 amide bonds. The van der Waals surface area contributed by atoms with Crippen molar-refractivity contribution in [2.24, 2.45) is 0 Å². The van der Waals surface area contributed by atoms with Gasteiger partial charge in [-0.3, -0.25) is 43.3 Å². The summed E-state index contributed by atoms with van der Waals surface area (Å²) in [5, 5.41) is 0.450. The first kappa shape index (κ1) is 91.7. The van der Waals surface area contributed by atoms with Crippen LogP contribution in [0.2, 0.25) is 5.15 Å². The van der Waals surface area contributed by atoms with Crippen molar-refractivity contribution in [3.8, 4) is 50.4 Å². The topological polar surface area (TPSA) is 236 Å². The fourth-order valence-electron chi connectivity index (χ4n) is 13.3. The molecule has 19 heteroatoms. The number of anilines is 5. The highest BCUT2D eigenvalue weighted by Crippen LogP contribution is 2.31. The lowest BCUT2D eigenvalue weighted by molar-refractivity contribution is -0.119. The number of nitrogen functional groups attached to an aromatic ring is 1. The third-order valence-electron chi connectivity index (χ3n) is 20.8. The summed E-state index contributed by atoms with van der Waals surface area (Å²) in [5.74, 6) is 1.88. The Morgan fingerprint density at radius 3 is 0.884 bits per heavy atom. The van der Waals surface area contributed by atoms with E-state index in [1.165, 1.54) is 0 Å². The molecule has 0 radical (unpaired) electrons. The van der Waals surface area contributed by atoms with Crippen LogP contribution >= 0.6 is 11.6 Å². The average Bonchev–Trinajstić information content (AvgIpc) is 0.839. The third kappa shape index (κ3) is 27.2. The van der Waals surface area contributed by atoms with Crippen LogP contribution < -0.4 is 30.1 Å². The highest BCUT2D eigenvalue weighted by atomic mass is 35.5. The zero-order valence-corrected chi connectivity index (χ0v) is 71.7. The van der Waals surface area contributed by atoms with E-state index < -0.39 is 0 Å². The van der Waals surface area contributed by atoms with Crippen molar-refractivity contribution in [3.63, 3.8) is 0 Å². The lowest BCUT2D eigenvalue weighted by Crippen LogP contribution is -2.25. The van der Waals surface area contributed by atoms with Gasteiger partial charge in [0.1, 0.15) is 11.0 Å². The molecule has 0 aliphatic heterocycles. The van der Waals surface area contributed by atoms with E-state index in [-0.39, 0.29) is 46.8 Å². The van der Waals surface area contributed by atoms with Crippen LogP contribution in [-0.4, -0.2) is 102 Å². The van der Waals surface area contributed by atoms with Crippen molar-refractivity contribution in [1.29, 1.82) is 0 Å². The van der Waals surface area contributed by atoms with E-state index in [2.05, 4.69) is 19.9 Å². The van der Waals surface area contributed by atoms with E-state index in [1.807, 2.05) is 283 Å². The average molecular weight is 1640 g/mol. The molecule has 0 aliphatic carbocycles. The van der Waals surface area contributed by atoms with Gasteiger partial charge >= 0.3 is 0 Å². The quantitative estimate of drug-likeness (QED) is 0.0297. The molecule has 4 aromatic heterocycles. The van der Waals surface area contributed by atoms with Crippen LogP contribution in [0.4, 0.5) is 28.6 Å². The minimum Gasteiger partial charge on any atom is -0.481 e. The number of amides is 4. The fourth-order valence-corrected chi connectivity index (χ4v) is 13.5. The zero-order valence-electron chi connectivity index (χ0n) is 70.9. The number of benzene rings is 8. The molecule has 0 bridgehead atoms. The molecule has 622 valence electrons. The van der Waals surface area contributed by atoms with Crippen LogP contribution in [0.3, 0.4) is 0 Å². The number of hydrogen-bond donors (Lipinski definition) is 1. The zero-order chi connectivity index (χ0) is 86.7. The summed E-state index contributed by atoms with van der Waals surface area (Å²) in [6.45, 7) is 9.95. The number of hydrogen-bond acceptors (Lipinski definition) is 14. The molecule has 12 rings (SSSR count). The van der Waals surface area contributed by atoms with Gasteiger partial charge in [0.25, 0.3) is 0 Å². The largest absolute Gasteiger partial charge is 0.481 e. The summed E-state index contributed by atoms with van der Waals surface area (Å²) in [7, 11) is 8.78. The molecule has 0 saturated heterocycles. The van der Waals surface area contributed by atoms with Crippen LogP contribution in [0.1, 0.15) is 174 Å². The monoisotopic (exact) mass is 1640 g/mol. The Bertz CT molecular complexity index is 5230. The molecule has 0 fully saturated rings. The van der Waals surface area contributed by atoms with E-state index in [9.17, 15) is 38.4 Å². The number of nitrogens with zero attached hydrogens (tertiary/aromatic N) is 8. The highest BCUT2D eigenvalue weighted by Gasteiger charge is 2.18. The van der Waals surface area contributed by atoms with Gasteiger partial charge in [0, 0.05) is 161 Å². The summed E-state index contributed by atoms with van der Waals surface area (Å²) in [6.07, 6.45) is 16.4. The van der Waals surface area contributed by atoms with E-state index in [1.54, 1.807) is 73.5 Å². The predicted octanol–water partition coefficient (Wildman–Crippen LogP) is 21.9. The van der Waals surface area contributed by atoms with Crippen molar-refractivity contribution in [1.82, 2.24) is 19.9 Å². The number of rotatable bonds is 33. The minimum absolute atomic E-state index is 0.0767. The van der Waals surface area contributed by atoms with Gasteiger partial charge in [-0.25, -0.2) is 15.0 Å². The maximum Gasteiger partial charge on any atom is 0.226 e. The van der Waals surface area contributed by atoms with Gasteiger partial charge in [-0.1, -0.05) is 209 Å². The lowest BCUT2D eigenvalue weighted by Gasteiger charge is -2.17. The number of methoxy groups -OCH3 is 1. The van der Waals surface area contributed by atoms with Crippen LogP contribution in [0.25, 0.3) is 44.5 Å². The number of Topliss-reactive ketones (excluding diaryl/α,β-unsaturated/α-hetero) is 4. The fraction of sp³-hybridized carbons (Fsp3) is 0.255. The second-order valence-corrected chi connectivity index (χ2v) is 29.8. The first-order chi connectivity index (χ1) is 58.5. The second kappa shape index (κ2) is 46.8. The summed E-state index contributed by atoms with van der Waals surface area (Å²) in [6, 6.07) is 77.4. The summed E-state index contributed by atoms with van der Waals surface area (Å²) in [4.78, 5) is 122. The molecular formula is C102H108ClN9O9. The van der Waals surface area contributed by atoms with Gasteiger partial charge in [0.2, 0.25) is 29.5 Å². The van der Waals surface area contributed by atoms with E-state index in [0.29, 0.717) is 111 Å².